The van der Waals surface area contributed by atoms with Gasteiger partial charge in [-0.2, -0.15) is 0 Å². The first-order chi connectivity index (χ1) is 8.03. The molecule has 0 spiro atoms. The van der Waals surface area contributed by atoms with Crippen LogP contribution in [0.3, 0.4) is 0 Å². The van der Waals surface area contributed by atoms with Gasteiger partial charge in [0.1, 0.15) is 0 Å². The van der Waals surface area contributed by atoms with Crippen LogP contribution >= 0.6 is 22.6 Å². The van der Waals surface area contributed by atoms with E-state index in [0.717, 1.165) is 12.8 Å². The zero-order chi connectivity index (χ0) is 12.7. The molecule has 0 heterocycles. The van der Waals surface area contributed by atoms with Crippen LogP contribution in [0.25, 0.3) is 6.08 Å². The van der Waals surface area contributed by atoms with E-state index in [1.54, 1.807) is 7.11 Å². The molecule has 0 aliphatic carbocycles. The van der Waals surface area contributed by atoms with Crippen molar-refractivity contribution >= 4 is 28.7 Å². The molecule has 0 aliphatic heterocycles. The van der Waals surface area contributed by atoms with Crippen molar-refractivity contribution in [2.45, 2.75) is 38.7 Å². The van der Waals surface area contributed by atoms with Gasteiger partial charge < -0.3 is 4.74 Å². The lowest BCUT2D eigenvalue weighted by atomic mass is 10.0. The zero-order valence-electron chi connectivity index (χ0n) is 10.9. The van der Waals surface area contributed by atoms with Gasteiger partial charge in [-0.3, -0.25) is 0 Å². The maximum atomic E-state index is 5.39. The summed E-state index contributed by atoms with van der Waals surface area (Å²) in [5.74, 6) is 0. The Morgan fingerprint density at radius 3 is 2.76 bits per heavy atom. The number of rotatable bonds is 6. The third-order valence-corrected chi connectivity index (χ3v) is 3.53. The van der Waals surface area contributed by atoms with E-state index >= 15 is 0 Å². The molecule has 1 rings (SSSR count). The molecule has 0 bridgehead atoms. The van der Waals surface area contributed by atoms with Crippen LogP contribution in [0.2, 0.25) is 0 Å². The molecule has 1 nitrogen and oxygen atoms in total. The fourth-order valence-corrected chi connectivity index (χ4v) is 2.14. The topological polar surface area (TPSA) is 9.23 Å². The fourth-order valence-electron chi connectivity index (χ4n) is 1.58. The Morgan fingerprint density at radius 1 is 1.35 bits per heavy atom. The number of allylic oxidation sites excluding steroid dienone is 1. The second-order valence-electron chi connectivity index (χ2n) is 4.81. The van der Waals surface area contributed by atoms with Crippen LogP contribution < -0.4 is 0 Å². The van der Waals surface area contributed by atoms with Gasteiger partial charge in [0.15, 0.2) is 0 Å². The summed E-state index contributed by atoms with van der Waals surface area (Å²) >= 11 is 2.34. The van der Waals surface area contributed by atoms with Crippen LogP contribution in [0.15, 0.2) is 30.3 Å². The molecule has 0 unspecified atom stereocenters. The molecule has 0 saturated carbocycles. The van der Waals surface area contributed by atoms with Crippen LogP contribution in [-0.4, -0.2) is 12.7 Å². The largest absolute Gasteiger partial charge is 0.379 e. The second-order valence-corrected chi connectivity index (χ2v) is 6.06. The highest BCUT2D eigenvalue weighted by atomic mass is 127. The van der Waals surface area contributed by atoms with Gasteiger partial charge in [-0.1, -0.05) is 24.3 Å². The highest BCUT2D eigenvalue weighted by Crippen LogP contribution is 2.17. The Hall–Kier alpha value is -0.350. The average molecular weight is 344 g/mol. The number of hydrogen-bond acceptors (Lipinski definition) is 1. The number of methoxy groups -OCH3 is 1. The third-order valence-electron chi connectivity index (χ3n) is 2.86. The van der Waals surface area contributed by atoms with E-state index in [1.165, 1.54) is 15.6 Å². The van der Waals surface area contributed by atoms with Crippen LogP contribution in [-0.2, 0) is 4.74 Å². The van der Waals surface area contributed by atoms with Crippen molar-refractivity contribution < 1.29 is 4.74 Å². The first-order valence-electron chi connectivity index (χ1n) is 6.01. The molecule has 0 aliphatic rings. The molecule has 17 heavy (non-hydrogen) atoms. The molecule has 1 aromatic carbocycles. The zero-order valence-corrected chi connectivity index (χ0v) is 13.0. The molecular formula is C15H21IO. The Balaban J connectivity index is 2.32. The summed E-state index contributed by atoms with van der Waals surface area (Å²) in [7, 11) is 1.78. The minimum atomic E-state index is 0.00989. The predicted octanol–water partition coefficient (Wildman–Crippen LogP) is 4.90. The summed E-state index contributed by atoms with van der Waals surface area (Å²) in [6.45, 7) is 4.27. The van der Waals surface area contributed by atoms with E-state index in [4.69, 9.17) is 4.74 Å². The predicted molar refractivity (Wildman–Crippen MR) is 83.1 cm³/mol. The molecule has 0 N–H and O–H groups in total. The summed E-state index contributed by atoms with van der Waals surface area (Å²) in [6, 6.07) is 8.53. The van der Waals surface area contributed by atoms with Crippen LogP contribution in [0.5, 0.6) is 0 Å². The smallest absolute Gasteiger partial charge is 0.0622 e. The lowest BCUT2D eigenvalue weighted by molar-refractivity contribution is 0.0141. The van der Waals surface area contributed by atoms with Gasteiger partial charge in [0.25, 0.3) is 0 Å². The Bertz CT molecular complexity index is 369. The first-order valence-corrected chi connectivity index (χ1v) is 7.09. The molecule has 0 atom stereocenters. The van der Waals surface area contributed by atoms with Crippen molar-refractivity contribution in [2.24, 2.45) is 0 Å². The van der Waals surface area contributed by atoms with E-state index in [1.807, 2.05) is 0 Å². The van der Waals surface area contributed by atoms with Crippen LogP contribution in [0.1, 0.15) is 38.7 Å². The van der Waals surface area contributed by atoms with Gasteiger partial charge in [0.2, 0.25) is 0 Å². The number of unbranched alkanes of at least 4 members (excludes halogenated alkanes) is 1. The maximum Gasteiger partial charge on any atom is 0.0622 e. The third kappa shape index (κ3) is 6.22. The SMILES string of the molecule is COC(C)(C)CCC/C=C/c1cccc(I)c1. The number of halogens is 1. The van der Waals surface area contributed by atoms with Crippen molar-refractivity contribution in [1.82, 2.24) is 0 Å². The van der Waals surface area contributed by atoms with E-state index in [9.17, 15) is 0 Å². The molecule has 1 aromatic rings. The highest BCUT2D eigenvalue weighted by Gasteiger charge is 2.14. The lowest BCUT2D eigenvalue weighted by Crippen LogP contribution is -2.21. The van der Waals surface area contributed by atoms with Gasteiger partial charge in [-0.05, 0) is 73.4 Å². The van der Waals surface area contributed by atoms with Gasteiger partial charge >= 0.3 is 0 Å². The molecular weight excluding hydrogens is 323 g/mol. The molecule has 0 aromatic heterocycles. The minimum Gasteiger partial charge on any atom is -0.379 e. The highest BCUT2D eigenvalue weighted by molar-refractivity contribution is 14.1. The lowest BCUT2D eigenvalue weighted by Gasteiger charge is -2.22. The van der Waals surface area contributed by atoms with Gasteiger partial charge in [0.05, 0.1) is 5.60 Å². The summed E-state index contributed by atoms with van der Waals surface area (Å²) in [5.41, 5.74) is 1.29. The van der Waals surface area contributed by atoms with E-state index in [2.05, 4.69) is 72.9 Å². The Labute approximate surface area is 118 Å². The summed E-state index contributed by atoms with van der Waals surface area (Å²) in [5, 5.41) is 0. The standard InChI is InChI=1S/C15H21IO/c1-15(2,17-3)11-6-4-5-8-13-9-7-10-14(16)12-13/h5,7-10,12H,4,6,11H2,1-3H3/b8-5+. The van der Waals surface area contributed by atoms with Crippen molar-refractivity contribution in [2.75, 3.05) is 7.11 Å². The first kappa shape index (κ1) is 14.7. The molecule has 94 valence electrons. The van der Waals surface area contributed by atoms with Crippen molar-refractivity contribution in [3.05, 3.63) is 39.5 Å². The second kappa shape index (κ2) is 7.17. The number of hydrogen-bond donors (Lipinski definition) is 0. The maximum absolute atomic E-state index is 5.39. The summed E-state index contributed by atoms with van der Waals surface area (Å²) in [6.07, 6.45) is 7.82. The minimum absolute atomic E-state index is 0.00989. The molecule has 0 amide bonds. The monoisotopic (exact) mass is 344 g/mol. The molecule has 0 saturated heterocycles. The van der Waals surface area contributed by atoms with Gasteiger partial charge in [-0.15, -0.1) is 0 Å². The van der Waals surface area contributed by atoms with Crippen molar-refractivity contribution in [3.63, 3.8) is 0 Å². The van der Waals surface area contributed by atoms with Crippen molar-refractivity contribution in [3.8, 4) is 0 Å². The van der Waals surface area contributed by atoms with Gasteiger partial charge in [0, 0.05) is 10.7 Å². The number of ether oxygens (including phenoxy) is 1. The van der Waals surface area contributed by atoms with Crippen LogP contribution in [0, 0.1) is 3.57 Å². The normalized spacial score (nSPS) is 12.2. The number of benzene rings is 1. The summed E-state index contributed by atoms with van der Waals surface area (Å²) < 4.78 is 6.68. The fraction of sp³-hybridized carbons (Fsp3) is 0.467. The van der Waals surface area contributed by atoms with E-state index < -0.39 is 0 Å². The van der Waals surface area contributed by atoms with Gasteiger partial charge in [-0.25, -0.2) is 0 Å². The molecule has 2 heteroatoms. The molecule has 0 fully saturated rings. The van der Waals surface area contributed by atoms with Crippen LogP contribution in [0.4, 0.5) is 0 Å². The van der Waals surface area contributed by atoms with E-state index in [0.29, 0.717) is 0 Å². The Morgan fingerprint density at radius 2 is 2.12 bits per heavy atom. The van der Waals surface area contributed by atoms with Crippen molar-refractivity contribution in [1.29, 1.82) is 0 Å². The molecule has 0 radical (unpaired) electrons. The summed E-state index contributed by atoms with van der Waals surface area (Å²) in [4.78, 5) is 0. The quantitative estimate of drug-likeness (QED) is 0.527. The Kier molecular flexibility index (Phi) is 6.20. The van der Waals surface area contributed by atoms with E-state index in [-0.39, 0.29) is 5.60 Å². The average Bonchev–Trinajstić information content (AvgIpc) is 2.29.